The summed E-state index contributed by atoms with van der Waals surface area (Å²) >= 11 is 0. The van der Waals surface area contributed by atoms with Crippen molar-refractivity contribution in [3.8, 4) is 5.75 Å². The number of nitrogen functional groups attached to an aromatic ring is 1. The first-order chi connectivity index (χ1) is 12.2. The quantitative estimate of drug-likeness (QED) is 0.793. The largest absolute Gasteiger partial charge is 0.496 e. The maximum Gasteiger partial charge on any atom is 0.239 e. The Morgan fingerprint density at radius 2 is 2.08 bits per heavy atom. The van der Waals surface area contributed by atoms with E-state index in [1.54, 1.807) is 7.11 Å². The maximum absolute atomic E-state index is 12.3. The third-order valence-corrected chi connectivity index (χ3v) is 4.63. The van der Waals surface area contributed by atoms with Gasteiger partial charge in [0.15, 0.2) is 0 Å². The molecular weight excluding hydrogens is 314 g/mol. The van der Waals surface area contributed by atoms with Gasteiger partial charge < -0.3 is 20.7 Å². The van der Waals surface area contributed by atoms with E-state index in [4.69, 9.17) is 10.5 Å². The highest BCUT2D eigenvalue weighted by Crippen LogP contribution is 2.30. The highest BCUT2D eigenvalue weighted by atomic mass is 16.5. The van der Waals surface area contributed by atoms with Crippen molar-refractivity contribution in [3.05, 3.63) is 53.6 Å². The molecule has 0 aromatic heterocycles. The molecule has 132 valence electrons. The number of rotatable bonds is 6. The number of methoxy groups -OCH3 is 1. The van der Waals surface area contributed by atoms with Gasteiger partial charge in [0.25, 0.3) is 0 Å². The second-order valence-corrected chi connectivity index (χ2v) is 6.28. The molecule has 1 heterocycles. The molecule has 3 N–H and O–H groups in total. The van der Waals surface area contributed by atoms with Crippen LogP contribution < -0.4 is 20.7 Å². The smallest absolute Gasteiger partial charge is 0.239 e. The molecule has 2 aromatic rings. The minimum Gasteiger partial charge on any atom is -0.496 e. The standard InChI is InChI=1S/C20H25N3O2/c1-25-19-10-3-2-6-15(19)11-12-22-20(24)14-23-13-5-7-16-17(21)8-4-9-18(16)23/h2-4,6,8-10H,5,7,11-14,21H2,1H3,(H,22,24). The van der Waals surface area contributed by atoms with Crippen LogP contribution >= 0.6 is 0 Å². The summed E-state index contributed by atoms with van der Waals surface area (Å²) in [4.78, 5) is 14.5. The van der Waals surface area contributed by atoms with Crippen molar-refractivity contribution in [1.82, 2.24) is 5.32 Å². The number of para-hydroxylation sites is 1. The highest BCUT2D eigenvalue weighted by Gasteiger charge is 2.20. The van der Waals surface area contributed by atoms with E-state index in [2.05, 4.69) is 10.2 Å². The zero-order valence-corrected chi connectivity index (χ0v) is 14.6. The summed E-state index contributed by atoms with van der Waals surface area (Å²) < 4.78 is 5.34. The Balaban J connectivity index is 1.55. The number of hydrogen-bond donors (Lipinski definition) is 2. The zero-order chi connectivity index (χ0) is 17.6. The maximum atomic E-state index is 12.3. The number of amides is 1. The minimum absolute atomic E-state index is 0.0326. The summed E-state index contributed by atoms with van der Waals surface area (Å²) in [5.41, 5.74) is 10.2. The van der Waals surface area contributed by atoms with Crippen LogP contribution in [0.25, 0.3) is 0 Å². The van der Waals surface area contributed by atoms with Gasteiger partial charge in [-0.15, -0.1) is 0 Å². The first kappa shape index (κ1) is 17.1. The SMILES string of the molecule is COc1ccccc1CCNC(=O)CN1CCCc2c(N)cccc21. The van der Waals surface area contributed by atoms with Gasteiger partial charge in [-0.25, -0.2) is 0 Å². The molecule has 0 fully saturated rings. The predicted molar refractivity (Wildman–Crippen MR) is 101 cm³/mol. The second-order valence-electron chi connectivity index (χ2n) is 6.28. The lowest BCUT2D eigenvalue weighted by Crippen LogP contribution is -2.40. The molecule has 25 heavy (non-hydrogen) atoms. The van der Waals surface area contributed by atoms with Gasteiger partial charge >= 0.3 is 0 Å². The molecule has 0 saturated heterocycles. The molecule has 0 aliphatic carbocycles. The fraction of sp³-hybridized carbons (Fsp3) is 0.350. The number of carbonyl (C=O) groups is 1. The monoisotopic (exact) mass is 339 g/mol. The molecule has 1 amide bonds. The molecule has 5 nitrogen and oxygen atoms in total. The van der Waals surface area contributed by atoms with Crippen LogP contribution in [0, 0.1) is 0 Å². The van der Waals surface area contributed by atoms with Crippen molar-refractivity contribution < 1.29 is 9.53 Å². The van der Waals surface area contributed by atoms with Crippen LogP contribution in [0.4, 0.5) is 11.4 Å². The number of nitrogens with one attached hydrogen (secondary N) is 1. The molecule has 5 heteroatoms. The summed E-state index contributed by atoms with van der Waals surface area (Å²) in [5.74, 6) is 0.891. The molecule has 0 radical (unpaired) electrons. The van der Waals surface area contributed by atoms with E-state index < -0.39 is 0 Å². The van der Waals surface area contributed by atoms with Gasteiger partial charge in [-0.3, -0.25) is 4.79 Å². The molecule has 3 rings (SSSR count). The van der Waals surface area contributed by atoms with Crippen molar-refractivity contribution in [2.75, 3.05) is 37.4 Å². The van der Waals surface area contributed by atoms with Crippen LogP contribution in [0.3, 0.4) is 0 Å². The van der Waals surface area contributed by atoms with Gasteiger partial charge in [0.2, 0.25) is 5.91 Å². The Hall–Kier alpha value is -2.69. The van der Waals surface area contributed by atoms with Crippen LogP contribution in [0.5, 0.6) is 5.75 Å². The summed E-state index contributed by atoms with van der Waals surface area (Å²) in [6, 6.07) is 13.8. The fourth-order valence-electron chi connectivity index (χ4n) is 3.37. The number of carbonyl (C=O) groups excluding carboxylic acids is 1. The van der Waals surface area contributed by atoms with Crippen LogP contribution in [0.1, 0.15) is 17.5 Å². The minimum atomic E-state index is 0.0326. The number of benzene rings is 2. The van der Waals surface area contributed by atoms with Crippen molar-refractivity contribution in [2.45, 2.75) is 19.3 Å². The van der Waals surface area contributed by atoms with Gasteiger partial charge in [-0.1, -0.05) is 24.3 Å². The lowest BCUT2D eigenvalue weighted by atomic mass is 10.00. The first-order valence-corrected chi connectivity index (χ1v) is 8.70. The summed E-state index contributed by atoms with van der Waals surface area (Å²) in [6.07, 6.45) is 2.75. The topological polar surface area (TPSA) is 67.6 Å². The molecule has 0 spiro atoms. The second kappa shape index (κ2) is 7.92. The summed E-state index contributed by atoms with van der Waals surface area (Å²) in [7, 11) is 1.66. The molecule has 0 unspecified atom stereocenters. The van der Waals surface area contributed by atoms with Crippen molar-refractivity contribution >= 4 is 17.3 Å². The van der Waals surface area contributed by atoms with E-state index in [1.165, 1.54) is 0 Å². The van der Waals surface area contributed by atoms with E-state index in [1.807, 2.05) is 42.5 Å². The van der Waals surface area contributed by atoms with E-state index >= 15 is 0 Å². The van der Waals surface area contributed by atoms with Crippen molar-refractivity contribution in [2.24, 2.45) is 0 Å². The molecule has 1 aliphatic heterocycles. The van der Waals surface area contributed by atoms with Gasteiger partial charge in [-0.05, 0) is 48.6 Å². The number of nitrogens with two attached hydrogens (primary N) is 1. The fourth-order valence-corrected chi connectivity index (χ4v) is 3.37. The van der Waals surface area contributed by atoms with Crippen LogP contribution in [0.2, 0.25) is 0 Å². The van der Waals surface area contributed by atoms with E-state index in [9.17, 15) is 4.79 Å². The Bertz CT molecular complexity index is 745. The van der Waals surface area contributed by atoms with E-state index in [0.717, 1.165) is 54.1 Å². The Labute approximate surface area is 148 Å². The van der Waals surface area contributed by atoms with Gasteiger partial charge in [0.1, 0.15) is 5.75 Å². The molecule has 1 aliphatic rings. The lowest BCUT2D eigenvalue weighted by molar-refractivity contribution is -0.119. The average molecular weight is 339 g/mol. The number of ether oxygens (including phenoxy) is 1. The summed E-state index contributed by atoms with van der Waals surface area (Å²) in [5, 5.41) is 3.01. The molecule has 0 atom stereocenters. The Morgan fingerprint density at radius 3 is 2.92 bits per heavy atom. The Morgan fingerprint density at radius 1 is 1.24 bits per heavy atom. The van der Waals surface area contributed by atoms with Gasteiger partial charge in [0.05, 0.1) is 13.7 Å². The predicted octanol–water partition coefficient (Wildman–Crippen LogP) is 2.39. The molecule has 0 bridgehead atoms. The van der Waals surface area contributed by atoms with E-state index in [0.29, 0.717) is 13.1 Å². The molecule has 0 saturated carbocycles. The van der Waals surface area contributed by atoms with Crippen molar-refractivity contribution in [3.63, 3.8) is 0 Å². The van der Waals surface area contributed by atoms with Crippen LogP contribution in [-0.2, 0) is 17.6 Å². The first-order valence-electron chi connectivity index (χ1n) is 8.70. The number of anilines is 2. The third kappa shape index (κ3) is 4.05. The Kier molecular flexibility index (Phi) is 5.43. The average Bonchev–Trinajstić information content (AvgIpc) is 2.63. The van der Waals surface area contributed by atoms with Crippen LogP contribution in [0.15, 0.2) is 42.5 Å². The zero-order valence-electron chi connectivity index (χ0n) is 14.6. The summed E-state index contributed by atoms with van der Waals surface area (Å²) in [6.45, 7) is 1.84. The van der Waals surface area contributed by atoms with E-state index in [-0.39, 0.29) is 5.91 Å². The van der Waals surface area contributed by atoms with Gasteiger partial charge in [0, 0.05) is 24.5 Å². The number of nitrogens with zero attached hydrogens (tertiary/aromatic N) is 1. The molecular formula is C20H25N3O2. The van der Waals surface area contributed by atoms with Gasteiger partial charge in [-0.2, -0.15) is 0 Å². The van der Waals surface area contributed by atoms with Crippen LogP contribution in [-0.4, -0.2) is 32.7 Å². The highest BCUT2D eigenvalue weighted by molar-refractivity contribution is 5.82. The third-order valence-electron chi connectivity index (χ3n) is 4.63. The number of fused-ring (bicyclic) bond motifs is 1. The molecule has 2 aromatic carbocycles. The number of hydrogen-bond acceptors (Lipinski definition) is 4. The van der Waals surface area contributed by atoms with Crippen molar-refractivity contribution in [1.29, 1.82) is 0 Å². The lowest BCUT2D eigenvalue weighted by Gasteiger charge is -2.31. The normalized spacial score (nSPS) is 13.2.